The highest BCUT2D eigenvalue weighted by atomic mass is 32.2. The lowest BCUT2D eigenvalue weighted by Gasteiger charge is -2.63. The molecule has 0 heterocycles. The summed E-state index contributed by atoms with van der Waals surface area (Å²) in [5.41, 5.74) is -0.222. The molecular formula is C32H59N2O8S+. The molecule has 0 aromatic heterocycles. The number of amides is 1. The van der Waals surface area contributed by atoms with Crippen LogP contribution in [0.1, 0.15) is 85.0 Å². The van der Waals surface area contributed by atoms with Crippen LogP contribution in [0.5, 0.6) is 0 Å². The van der Waals surface area contributed by atoms with Gasteiger partial charge in [-0.15, -0.1) is 0 Å². The zero-order valence-corrected chi connectivity index (χ0v) is 27.8. The van der Waals surface area contributed by atoms with Gasteiger partial charge in [0.25, 0.3) is 10.1 Å². The summed E-state index contributed by atoms with van der Waals surface area (Å²) in [5.74, 6) is 0.890. The molecule has 4 rings (SSSR count). The lowest BCUT2D eigenvalue weighted by molar-refractivity contribution is -0.893. The Morgan fingerprint density at radius 3 is 2.42 bits per heavy atom. The Bertz CT molecular complexity index is 1090. The lowest BCUT2D eigenvalue weighted by Crippen LogP contribution is -2.62. The summed E-state index contributed by atoms with van der Waals surface area (Å²) in [7, 11) is -0.484. The second kappa shape index (κ2) is 13.1. The number of carbonyl (C=O) groups is 1. The maximum absolute atomic E-state index is 12.7. The van der Waals surface area contributed by atoms with Crippen molar-refractivity contribution in [1.29, 1.82) is 0 Å². The van der Waals surface area contributed by atoms with Gasteiger partial charge >= 0.3 is 0 Å². The summed E-state index contributed by atoms with van der Waals surface area (Å²) in [6, 6.07) is 0. The fourth-order valence-electron chi connectivity index (χ4n) is 10.5. The third kappa shape index (κ3) is 7.60. The van der Waals surface area contributed by atoms with Gasteiger partial charge in [0.15, 0.2) is 0 Å². The summed E-state index contributed by atoms with van der Waals surface area (Å²) < 4.78 is 31.3. The Balaban J connectivity index is 1.27. The van der Waals surface area contributed by atoms with Crippen LogP contribution < -0.4 is 5.32 Å². The second-order valence-corrected chi connectivity index (χ2v) is 17.5. The van der Waals surface area contributed by atoms with E-state index in [1.54, 1.807) is 0 Å². The van der Waals surface area contributed by atoms with Gasteiger partial charge in [-0.05, 0) is 97.7 Å². The predicted octanol–water partition coefficient (Wildman–Crippen LogP) is 2.20. The molecule has 4 fully saturated rings. The van der Waals surface area contributed by atoms with E-state index in [0.717, 1.165) is 44.9 Å². The predicted molar refractivity (Wildman–Crippen MR) is 164 cm³/mol. The molecule has 10 nitrogen and oxygen atoms in total. The van der Waals surface area contributed by atoms with Crippen molar-refractivity contribution in [3.8, 4) is 0 Å². The fourth-order valence-corrected chi connectivity index (χ4v) is 11.1. The van der Waals surface area contributed by atoms with Gasteiger partial charge in [0.1, 0.15) is 18.4 Å². The molecule has 3 unspecified atom stereocenters. The topological polar surface area (TPSA) is 164 Å². The number of aliphatic hydroxyl groups is 4. The number of hydrogen-bond donors (Lipinski definition) is 6. The van der Waals surface area contributed by atoms with Crippen LogP contribution in [0.25, 0.3) is 0 Å². The quantitative estimate of drug-likeness (QED) is 0.108. The number of quaternary nitrogens is 1. The van der Waals surface area contributed by atoms with Crippen molar-refractivity contribution in [1.82, 2.24) is 5.32 Å². The Kier molecular flexibility index (Phi) is 10.7. The molecule has 0 spiro atoms. The standard InChI is InChI=1S/C32H58N2O8S/c1-20(7-10-29(39)33-13-6-14-34(4,5)18-23(36)19-43(40,41)42)24-8-9-25-30-26(17-28(38)32(24,25)3)31(2)12-11-22(35)15-21(31)16-27(30)37/h20-28,30,35-38H,6-19H2,1-5H3,(H-,33,39,40,41,42)/p+1/t20-,21+,22-,23?,24-,25+,26+,27?,28+,30?,31+,32-/m1/s1. The molecule has 11 heteroatoms. The van der Waals surface area contributed by atoms with Crippen molar-refractivity contribution in [3.63, 3.8) is 0 Å². The molecule has 0 saturated heterocycles. The molecule has 1 amide bonds. The molecule has 250 valence electrons. The normalized spacial score (nSPS) is 41.1. The van der Waals surface area contributed by atoms with Crippen molar-refractivity contribution in [2.24, 2.45) is 46.3 Å². The van der Waals surface area contributed by atoms with Crippen LogP contribution in [0.15, 0.2) is 0 Å². The Labute approximate surface area is 259 Å². The Morgan fingerprint density at radius 2 is 1.74 bits per heavy atom. The molecule has 0 aromatic rings. The summed E-state index contributed by atoms with van der Waals surface area (Å²) >= 11 is 0. The third-order valence-electron chi connectivity index (χ3n) is 12.7. The first-order chi connectivity index (χ1) is 19.9. The molecule has 0 bridgehead atoms. The fraction of sp³-hybridized carbons (Fsp3) is 0.969. The van der Waals surface area contributed by atoms with E-state index in [4.69, 9.17) is 4.55 Å². The first-order valence-corrected chi connectivity index (χ1v) is 18.2. The minimum absolute atomic E-state index is 0.00585. The first kappa shape index (κ1) is 35.0. The van der Waals surface area contributed by atoms with E-state index >= 15 is 0 Å². The average molecular weight is 632 g/mol. The first-order valence-electron chi connectivity index (χ1n) is 16.6. The number of fused-ring (bicyclic) bond motifs is 5. The maximum atomic E-state index is 12.7. The summed E-state index contributed by atoms with van der Waals surface area (Å²) in [5, 5.41) is 46.5. The van der Waals surface area contributed by atoms with Crippen LogP contribution in [-0.2, 0) is 14.9 Å². The van der Waals surface area contributed by atoms with Gasteiger partial charge in [-0.1, -0.05) is 20.8 Å². The van der Waals surface area contributed by atoms with Crippen molar-refractivity contribution < 1.29 is 42.7 Å². The number of aliphatic hydroxyl groups excluding tert-OH is 4. The maximum Gasteiger partial charge on any atom is 0.267 e. The Morgan fingerprint density at radius 1 is 1.05 bits per heavy atom. The van der Waals surface area contributed by atoms with Crippen LogP contribution in [0.2, 0.25) is 0 Å². The smallest absolute Gasteiger partial charge is 0.267 e. The third-order valence-corrected chi connectivity index (χ3v) is 13.5. The summed E-state index contributed by atoms with van der Waals surface area (Å²) in [6.07, 6.45) is 5.56. The molecule has 6 N–H and O–H groups in total. The molecule has 4 aliphatic carbocycles. The van der Waals surface area contributed by atoms with Gasteiger partial charge in [0, 0.05) is 19.4 Å². The molecule has 43 heavy (non-hydrogen) atoms. The SMILES string of the molecule is C[C@H](CCC(=O)NCCC[N+](C)(C)CC(O)CS(=O)(=O)O)[C@H]1CC[C@H]2C3C(O)C[C@@H]4C[C@H](O)CC[C@]4(C)[C@H]3C[C@H](O)[C@]12C. The Hall–Kier alpha value is -0.820. The van der Waals surface area contributed by atoms with Crippen LogP contribution in [-0.4, -0.2) is 108 Å². The molecule has 0 radical (unpaired) electrons. The van der Waals surface area contributed by atoms with Gasteiger partial charge in [0.2, 0.25) is 5.91 Å². The lowest BCUT2D eigenvalue weighted by atomic mass is 9.43. The number of hydrogen-bond acceptors (Lipinski definition) is 7. The zero-order chi connectivity index (χ0) is 32.0. The van der Waals surface area contributed by atoms with Gasteiger partial charge in [-0.2, -0.15) is 8.42 Å². The van der Waals surface area contributed by atoms with E-state index in [0.29, 0.717) is 48.7 Å². The van der Waals surface area contributed by atoms with Gasteiger partial charge in [-0.25, -0.2) is 0 Å². The highest BCUT2D eigenvalue weighted by Crippen LogP contribution is 2.68. The van der Waals surface area contributed by atoms with Crippen molar-refractivity contribution in [2.75, 3.05) is 39.5 Å². The van der Waals surface area contributed by atoms with Crippen molar-refractivity contribution >= 4 is 16.0 Å². The molecule has 4 aliphatic rings. The largest absolute Gasteiger partial charge is 0.393 e. The van der Waals surface area contributed by atoms with Gasteiger partial charge < -0.3 is 30.2 Å². The van der Waals surface area contributed by atoms with Gasteiger partial charge in [-0.3, -0.25) is 9.35 Å². The monoisotopic (exact) mass is 631 g/mol. The molecule has 0 aromatic carbocycles. The number of carbonyl (C=O) groups excluding carboxylic acids is 1. The van der Waals surface area contributed by atoms with Crippen LogP contribution >= 0.6 is 0 Å². The second-order valence-electron chi connectivity index (χ2n) is 16.0. The zero-order valence-electron chi connectivity index (χ0n) is 27.0. The number of nitrogens with zero attached hydrogens (tertiary/aromatic N) is 1. The highest BCUT2D eigenvalue weighted by molar-refractivity contribution is 7.85. The highest BCUT2D eigenvalue weighted by Gasteiger charge is 2.65. The van der Waals surface area contributed by atoms with E-state index in [1.165, 1.54) is 0 Å². The van der Waals surface area contributed by atoms with E-state index in [-0.39, 0.29) is 59.2 Å². The average Bonchev–Trinajstić information content (AvgIpc) is 3.24. The molecule has 4 saturated carbocycles. The van der Waals surface area contributed by atoms with E-state index < -0.39 is 28.1 Å². The number of rotatable bonds is 12. The van der Waals surface area contributed by atoms with Gasteiger partial charge in [0.05, 0.1) is 39.0 Å². The summed E-state index contributed by atoms with van der Waals surface area (Å²) in [6.45, 7) is 8.10. The van der Waals surface area contributed by atoms with Crippen LogP contribution in [0.3, 0.4) is 0 Å². The number of nitrogens with one attached hydrogen (secondary N) is 1. The van der Waals surface area contributed by atoms with Crippen LogP contribution in [0.4, 0.5) is 0 Å². The van der Waals surface area contributed by atoms with Crippen molar-refractivity contribution in [3.05, 3.63) is 0 Å². The van der Waals surface area contributed by atoms with Crippen LogP contribution in [0, 0.1) is 46.3 Å². The minimum Gasteiger partial charge on any atom is -0.393 e. The summed E-state index contributed by atoms with van der Waals surface area (Å²) in [4.78, 5) is 12.7. The number of likely N-dealkylation sites (N-methyl/N-ethyl adjacent to an activating group) is 1. The van der Waals surface area contributed by atoms with E-state index in [9.17, 15) is 33.6 Å². The minimum atomic E-state index is -4.23. The van der Waals surface area contributed by atoms with E-state index in [1.807, 2.05) is 14.1 Å². The molecular weight excluding hydrogens is 572 g/mol. The van der Waals surface area contributed by atoms with E-state index in [2.05, 4.69) is 26.1 Å². The molecule has 0 aliphatic heterocycles. The molecule has 12 atom stereocenters. The van der Waals surface area contributed by atoms with Crippen molar-refractivity contribution in [2.45, 2.75) is 109 Å².